The van der Waals surface area contributed by atoms with Gasteiger partial charge >= 0.3 is 0 Å². The molecule has 0 saturated heterocycles. The zero-order valence-corrected chi connectivity index (χ0v) is 13.8. The molecule has 0 aliphatic heterocycles. The van der Waals surface area contributed by atoms with Gasteiger partial charge in [0.15, 0.2) is 0 Å². The smallest absolute Gasteiger partial charge is 0.201 e. The molecule has 1 aromatic heterocycles. The van der Waals surface area contributed by atoms with Crippen molar-refractivity contribution >= 4 is 17.0 Å². The number of nitriles is 1. The number of fused-ring (bicyclic) bond motifs is 1. The molecule has 5 heteroatoms. The summed E-state index contributed by atoms with van der Waals surface area (Å²) in [5.74, 6) is 0.445. The van der Waals surface area contributed by atoms with E-state index in [0.29, 0.717) is 22.6 Å². The van der Waals surface area contributed by atoms with Gasteiger partial charge in [-0.3, -0.25) is 0 Å². The summed E-state index contributed by atoms with van der Waals surface area (Å²) >= 11 is 0. The molecule has 122 valence electrons. The van der Waals surface area contributed by atoms with Gasteiger partial charge in [-0.15, -0.1) is 0 Å². The van der Waals surface area contributed by atoms with Crippen LogP contribution in [0.15, 0.2) is 48.5 Å². The Bertz CT molecular complexity index is 908. The monoisotopic (exact) mass is 320 g/mol. The van der Waals surface area contributed by atoms with Crippen LogP contribution in [0.4, 0.5) is 5.95 Å². The van der Waals surface area contributed by atoms with Crippen molar-refractivity contribution in [2.75, 3.05) is 5.73 Å². The molecule has 3 N–H and O–H groups in total. The van der Waals surface area contributed by atoms with Gasteiger partial charge in [0.1, 0.15) is 5.60 Å². The van der Waals surface area contributed by atoms with Crippen molar-refractivity contribution in [3.05, 3.63) is 59.7 Å². The Morgan fingerprint density at radius 3 is 2.54 bits per heavy atom. The van der Waals surface area contributed by atoms with Crippen molar-refractivity contribution in [1.29, 1.82) is 5.26 Å². The lowest BCUT2D eigenvalue weighted by Gasteiger charge is -2.26. The summed E-state index contributed by atoms with van der Waals surface area (Å²) in [7, 11) is 0. The zero-order valence-electron chi connectivity index (χ0n) is 13.8. The molecule has 0 bridgehead atoms. The summed E-state index contributed by atoms with van der Waals surface area (Å²) in [6.07, 6.45) is -0.0388. The Kier molecular flexibility index (Phi) is 4.00. The van der Waals surface area contributed by atoms with Crippen LogP contribution in [0.2, 0.25) is 0 Å². The van der Waals surface area contributed by atoms with Crippen LogP contribution in [0, 0.1) is 11.3 Å². The van der Waals surface area contributed by atoms with E-state index in [0.717, 1.165) is 5.52 Å². The fraction of sp³-hybridized carbons (Fsp3) is 0.263. The normalized spacial score (nSPS) is 13.8. The number of rotatable bonds is 4. The largest absolute Gasteiger partial charge is 0.379 e. The van der Waals surface area contributed by atoms with Crippen LogP contribution in [0.25, 0.3) is 11.0 Å². The zero-order chi connectivity index (χ0) is 17.3. The van der Waals surface area contributed by atoms with E-state index < -0.39 is 5.60 Å². The molecule has 5 nitrogen and oxygen atoms in total. The Balaban J connectivity index is 2.18. The van der Waals surface area contributed by atoms with Gasteiger partial charge in [0.25, 0.3) is 0 Å². The highest BCUT2D eigenvalue weighted by Gasteiger charge is 2.32. The summed E-state index contributed by atoms with van der Waals surface area (Å²) in [5.41, 5.74) is 7.59. The Hall–Kier alpha value is -2.84. The molecule has 0 aliphatic carbocycles. The molecular weight excluding hydrogens is 300 g/mol. The fourth-order valence-corrected chi connectivity index (χ4v) is 3.12. The number of benzene rings is 2. The first-order chi connectivity index (χ1) is 11.5. The van der Waals surface area contributed by atoms with Crippen molar-refractivity contribution in [3.63, 3.8) is 0 Å². The maximum atomic E-state index is 11.2. The molecule has 0 aliphatic rings. The van der Waals surface area contributed by atoms with E-state index in [-0.39, 0.29) is 12.5 Å². The summed E-state index contributed by atoms with van der Waals surface area (Å²) < 4.78 is 1.95. The van der Waals surface area contributed by atoms with Gasteiger partial charge < -0.3 is 15.4 Å². The number of aromatic nitrogens is 2. The molecular formula is C19H20N4O. The molecule has 24 heavy (non-hydrogen) atoms. The third-order valence-electron chi connectivity index (χ3n) is 4.30. The SMILES string of the molecule is CC(C)n1c(N)nc2cc(C(O)(CC#N)c3ccccc3)ccc21. The average molecular weight is 320 g/mol. The van der Waals surface area contributed by atoms with Crippen LogP contribution in [0.3, 0.4) is 0 Å². The molecule has 3 rings (SSSR count). The maximum Gasteiger partial charge on any atom is 0.201 e. The second-order valence-electron chi connectivity index (χ2n) is 6.20. The molecule has 0 spiro atoms. The standard InChI is InChI=1S/C19H20N4O/c1-13(2)23-17-9-8-15(12-16(17)22-18(23)21)19(24,10-11-20)14-6-4-3-5-7-14/h3-9,12-13,24H,10H2,1-2H3,(H2,21,22). The number of nitrogens with zero attached hydrogens (tertiary/aromatic N) is 3. The van der Waals surface area contributed by atoms with Gasteiger partial charge in [-0.05, 0) is 37.1 Å². The summed E-state index contributed by atoms with van der Waals surface area (Å²) in [4.78, 5) is 4.41. The minimum Gasteiger partial charge on any atom is -0.379 e. The number of hydrogen-bond donors (Lipinski definition) is 2. The van der Waals surface area contributed by atoms with Crippen LogP contribution in [0.5, 0.6) is 0 Å². The van der Waals surface area contributed by atoms with Gasteiger partial charge in [-0.1, -0.05) is 36.4 Å². The first-order valence-electron chi connectivity index (χ1n) is 7.90. The molecule has 3 aromatic rings. The van der Waals surface area contributed by atoms with Crippen LogP contribution in [0.1, 0.15) is 37.4 Å². The number of nitrogens with two attached hydrogens (primary N) is 1. The molecule has 2 aromatic carbocycles. The predicted molar refractivity (Wildman–Crippen MR) is 94.2 cm³/mol. The van der Waals surface area contributed by atoms with Gasteiger partial charge in [-0.25, -0.2) is 4.98 Å². The van der Waals surface area contributed by atoms with E-state index in [9.17, 15) is 10.4 Å². The lowest BCUT2D eigenvalue weighted by atomic mass is 9.84. The van der Waals surface area contributed by atoms with E-state index in [1.54, 1.807) is 0 Å². The maximum absolute atomic E-state index is 11.2. The van der Waals surface area contributed by atoms with E-state index in [2.05, 4.69) is 11.1 Å². The van der Waals surface area contributed by atoms with Crippen molar-refractivity contribution < 1.29 is 5.11 Å². The fourth-order valence-electron chi connectivity index (χ4n) is 3.12. The molecule has 1 unspecified atom stereocenters. The molecule has 0 fully saturated rings. The van der Waals surface area contributed by atoms with Crippen LogP contribution < -0.4 is 5.73 Å². The lowest BCUT2D eigenvalue weighted by molar-refractivity contribution is 0.0861. The Labute approximate surface area is 141 Å². The highest BCUT2D eigenvalue weighted by molar-refractivity contribution is 5.79. The van der Waals surface area contributed by atoms with Crippen molar-refractivity contribution in [2.45, 2.75) is 31.9 Å². The second kappa shape index (κ2) is 5.99. The minimum atomic E-state index is -1.37. The molecule has 1 atom stereocenters. The third kappa shape index (κ3) is 2.51. The number of imidazole rings is 1. The summed E-state index contributed by atoms with van der Waals surface area (Å²) in [6.45, 7) is 4.09. The predicted octanol–water partition coefficient (Wildman–Crippen LogP) is 3.35. The molecule has 0 radical (unpaired) electrons. The number of anilines is 1. The van der Waals surface area contributed by atoms with Gasteiger partial charge in [0.05, 0.1) is 23.5 Å². The first-order valence-corrected chi connectivity index (χ1v) is 7.90. The van der Waals surface area contributed by atoms with E-state index in [4.69, 9.17) is 5.73 Å². The quantitative estimate of drug-likeness (QED) is 0.771. The highest BCUT2D eigenvalue weighted by atomic mass is 16.3. The first kappa shape index (κ1) is 16.0. The van der Waals surface area contributed by atoms with Crippen molar-refractivity contribution in [1.82, 2.24) is 9.55 Å². The second-order valence-corrected chi connectivity index (χ2v) is 6.20. The average Bonchev–Trinajstić information content (AvgIpc) is 2.90. The van der Waals surface area contributed by atoms with E-state index >= 15 is 0 Å². The third-order valence-corrected chi connectivity index (χ3v) is 4.30. The summed E-state index contributed by atoms with van der Waals surface area (Å²) in [6, 6.07) is 17.1. The number of hydrogen-bond acceptors (Lipinski definition) is 4. The van der Waals surface area contributed by atoms with Gasteiger partial charge in [0.2, 0.25) is 5.95 Å². The van der Waals surface area contributed by atoms with Gasteiger partial charge in [0, 0.05) is 6.04 Å². The van der Waals surface area contributed by atoms with Crippen molar-refractivity contribution in [3.8, 4) is 6.07 Å². The van der Waals surface area contributed by atoms with Crippen LogP contribution >= 0.6 is 0 Å². The van der Waals surface area contributed by atoms with E-state index in [1.165, 1.54) is 0 Å². The van der Waals surface area contributed by atoms with Gasteiger partial charge in [-0.2, -0.15) is 5.26 Å². The molecule has 0 saturated carbocycles. The minimum absolute atomic E-state index is 0.0388. The number of aliphatic hydroxyl groups is 1. The number of nitrogen functional groups attached to an aromatic ring is 1. The topological polar surface area (TPSA) is 87.9 Å². The Morgan fingerprint density at radius 2 is 1.92 bits per heavy atom. The molecule has 1 heterocycles. The molecule has 0 amide bonds. The lowest BCUT2D eigenvalue weighted by Crippen LogP contribution is -2.26. The van der Waals surface area contributed by atoms with Crippen LogP contribution in [-0.4, -0.2) is 14.7 Å². The van der Waals surface area contributed by atoms with Crippen LogP contribution in [-0.2, 0) is 5.60 Å². The highest BCUT2D eigenvalue weighted by Crippen LogP contribution is 2.35. The summed E-state index contributed by atoms with van der Waals surface area (Å²) in [5, 5.41) is 20.4. The van der Waals surface area contributed by atoms with E-state index in [1.807, 2.05) is 66.9 Å². The Morgan fingerprint density at radius 1 is 1.21 bits per heavy atom. The van der Waals surface area contributed by atoms with Crippen molar-refractivity contribution in [2.24, 2.45) is 0 Å².